The monoisotopic (exact) mass is 214 g/mol. The molecular weight excluding hydrogens is 188 g/mol. The van der Waals surface area contributed by atoms with Crippen LogP contribution in [0, 0.1) is 5.92 Å². The van der Waals surface area contributed by atoms with E-state index in [2.05, 4.69) is 12.2 Å². The highest BCUT2D eigenvalue weighted by molar-refractivity contribution is 4.76. The van der Waals surface area contributed by atoms with E-state index in [4.69, 9.17) is 10.5 Å². The molecule has 0 saturated carbocycles. The Bertz CT molecular complexity index is 153. The van der Waals surface area contributed by atoms with Crippen LogP contribution in [-0.4, -0.2) is 32.3 Å². The average molecular weight is 214 g/mol. The van der Waals surface area contributed by atoms with Crippen molar-refractivity contribution in [2.45, 2.75) is 45.1 Å². The van der Waals surface area contributed by atoms with Crippen LogP contribution in [0.25, 0.3) is 0 Å². The zero-order valence-electron chi connectivity index (χ0n) is 10.0. The number of nitrogens with one attached hydrogen (secondary N) is 1. The standard InChI is InChI=1S/C12H26N2O/c1-2-12-11(6-9-15-12)10-14-8-5-3-4-7-13/h11-12,14H,2-10,13H2,1H3. The lowest BCUT2D eigenvalue weighted by Crippen LogP contribution is -2.28. The third kappa shape index (κ3) is 4.96. The van der Waals surface area contributed by atoms with E-state index in [1.165, 1.54) is 19.3 Å². The van der Waals surface area contributed by atoms with Crippen LogP contribution in [-0.2, 0) is 4.74 Å². The van der Waals surface area contributed by atoms with E-state index in [-0.39, 0.29) is 0 Å². The summed E-state index contributed by atoms with van der Waals surface area (Å²) in [5, 5.41) is 3.53. The summed E-state index contributed by atoms with van der Waals surface area (Å²) >= 11 is 0. The second-order valence-corrected chi connectivity index (χ2v) is 4.42. The van der Waals surface area contributed by atoms with Gasteiger partial charge in [-0.3, -0.25) is 0 Å². The van der Waals surface area contributed by atoms with Gasteiger partial charge in [0.25, 0.3) is 0 Å². The number of rotatable bonds is 8. The Hall–Kier alpha value is -0.120. The molecular formula is C12H26N2O. The van der Waals surface area contributed by atoms with E-state index >= 15 is 0 Å². The molecule has 1 aliphatic heterocycles. The average Bonchev–Trinajstić information content (AvgIpc) is 2.70. The van der Waals surface area contributed by atoms with Gasteiger partial charge in [-0.1, -0.05) is 13.3 Å². The smallest absolute Gasteiger partial charge is 0.0613 e. The lowest BCUT2D eigenvalue weighted by atomic mass is 10.00. The Morgan fingerprint density at radius 3 is 2.93 bits per heavy atom. The summed E-state index contributed by atoms with van der Waals surface area (Å²) in [5.74, 6) is 0.740. The van der Waals surface area contributed by atoms with E-state index in [0.717, 1.165) is 45.0 Å². The van der Waals surface area contributed by atoms with E-state index in [0.29, 0.717) is 6.10 Å². The van der Waals surface area contributed by atoms with Crippen LogP contribution in [0.1, 0.15) is 39.0 Å². The summed E-state index contributed by atoms with van der Waals surface area (Å²) in [5.41, 5.74) is 5.44. The van der Waals surface area contributed by atoms with E-state index < -0.39 is 0 Å². The minimum absolute atomic E-state index is 0.501. The molecule has 0 bridgehead atoms. The summed E-state index contributed by atoms with van der Waals surface area (Å²) in [6.45, 7) is 6.25. The molecule has 0 aromatic carbocycles. The molecule has 2 atom stereocenters. The predicted octanol–water partition coefficient (Wildman–Crippen LogP) is 1.52. The molecule has 2 unspecified atom stereocenters. The lowest BCUT2D eigenvalue weighted by Gasteiger charge is -2.17. The Labute approximate surface area is 93.8 Å². The highest BCUT2D eigenvalue weighted by Crippen LogP contribution is 2.22. The fraction of sp³-hybridized carbons (Fsp3) is 1.00. The third-order valence-electron chi connectivity index (χ3n) is 3.21. The molecule has 0 aromatic heterocycles. The van der Waals surface area contributed by atoms with Crippen LogP contribution in [0.15, 0.2) is 0 Å². The van der Waals surface area contributed by atoms with Crippen molar-refractivity contribution in [1.82, 2.24) is 5.32 Å². The number of hydrogen-bond donors (Lipinski definition) is 2. The molecule has 0 aliphatic carbocycles. The first kappa shape index (κ1) is 12.9. The first-order valence-electron chi connectivity index (χ1n) is 6.40. The van der Waals surface area contributed by atoms with Crippen LogP contribution in [0.5, 0.6) is 0 Å². The van der Waals surface area contributed by atoms with Crippen molar-refractivity contribution < 1.29 is 4.74 Å². The summed E-state index contributed by atoms with van der Waals surface area (Å²) < 4.78 is 5.65. The van der Waals surface area contributed by atoms with Crippen molar-refractivity contribution in [3.05, 3.63) is 0 Å². The minimum atomic E-state index is 0.501. The van der Waals surface area contributed by atoms with Gasteiger partial charge in [0.2, 0.25) is 0 Å². The number of ether oxygens (including phenoxy) is 1. The molecule has 3 heteroatoms. The maximum Gasteiger partial charge on any atom is 0.0613 e. The van der Waals surface area contributed by atoms with Crippen molar-refractivity contribution in [2.75, 3.05) is 26.2 Å². The molecule has 0 radical (unpaired) electrons. The van der Waals surface area contributed by atoms with Crippen LogP contribution >= 0.6 is 0 Å². The second kappa shape index (κ2) is 8.08. The molecule has 0 aromatic rings. The number of hydrogen-bond acceptors (Lipinski definition) is 3. The largest absolute Gasteiger partial charge is 0.378 e. The molecule has 0 spiro atoms. The quantitative estimate of drug-likeness (QED) is 0.602. The summed E-state index contributed by atoms with van der Waals surface area (Å²) in [4.78, 5) is 0. The highest BCUT2D eigenvalue weighted by atomic mass is 16.5. The number of unbranched alkanes of at least 4 members (excludes halogenated alkanes) is 2. The molecule has 3 nitrogen and oxygen atoms in total. The summed E-state index contributed by atoms with van der Waals surface area (Å²) in [6.07, 6.45) is 6.55. The minimum Gasteiger partial charge on any atom is -0.378 e. The molecule has 1 saturated heterocycles. The zero-order chi connectivity index (χ0) is 10.9. The zero-order valence-corrected chi connectivity index (χ0v) is 10.0. The van der Waals surface area contributed by atoms with E-state index in [9.17, 15) is 0 Å². The van der Waals surface area contributed by atoms with Gasteiger partial charge in [-0.2, -0.15) is 0 Å². The second-order valence-electron chi connectivity index (χ2n) is 4.42. The molecule has 1 aliphatic rings. The molecule has 0 amide bonds. The fourth-order valence-electron chi connectivity index (χ4n) is 2.24. The van der Waals surface area contributed by atoms with Crippen molar-refractivity contribution in [3.8, 4) is 0 Å². The molecule has 90 valence electrons. The Balaban J connectivity index is 1.95. The van der Waals surface area contributed by atoms with Crippen molar-refractivity contribution in [1.29, 1.82) is 0 Å². The van der Waals surface area contributed by atoms with Gasteiger partial charge in [0, 0.05) is 13.2 Å². The first-order chi connectivity index (χ1) is 7.38. The van der Waals surface area contributed by atoms with Crippen molar-refractivity contribution in [3.63, 3.8) is 0 Å². The Kier molecular flexibility index (Phi) is 6.98. The maximum absolute atomic E-state index is 5.65. The predicted molar refractivity (Wildman–Crippen MR) is 63.9 cm³/mol. The number of nitrogens with two attached hydrogens (primary N) is 1. The fourth-order valence-corrected chi connectivity index (χ4v) is 2.24. The summed E-state index contributed by atoms with van der Waals surface area (Å²) in [7, 11) is 0. The summed E-state index contributed by atoms with van der Waals surface area (Å²) in [6, 6.07) is 0. The lowest BCUT2D eigenvalue weighted by molar-refractivity contribution is 0.0873. The van der Waals surface area contributed by atoms with Gasteiger partial charge in [-0.25, -0.2) is 0 Å². The topological polar surface area (TPSA) is 47.3 Å². The molecule has 1 heterocycles. The Morgan fingerprint density at radius 2 is 2.20 bits per heavy atom. The third-order valence-corrected chi connectivity index (χ3v) is 3.21. The normalized spacial score (nSPS) is 26.0. The first-order valence-corrected chi connectivity index (χ1v) is 6.40. The molecule has 1 fully saturated rings. The van der Waals surface area contributed by atoms with E-state index in [1.807, 2.05) is 0 Å². The maximum atomic E-state index is 5.65. The van der Waals surface area contributed by atoms with Crippen LogP contribution < -0.4 is 11.1 Å². The van der Waals surface area contributed by atoms with Crippen molar-refractivity contribution >= 4 is 0 Å². The van der Waals surface area contributed by atoms with Crippen LogP contribution in [0.4, 0.5) is 0 Å². The highest BCUT2D eigenvalue weighted by Gasteiger charge is 2.25. The van der Waals surface area contributed by atoms with Gasteiger partial charge in [0.1, 0.15) is 0 Å². The molecule has 15 heavy (non-hydrogen) atoms. The van der Waals surface area contributed by atoms with Crippen molar-refractivity contribution in [2.24, 2.45) is 11.7 Å². The van der Waals surface area contributed by atoms with E-state index in [1.54, 1.807) is 0 Å². The van der Waals surface area contributed by atoms with Gasteiger partial charge in [-0.05, 0) is 44.7 Å². The van der Waals surface area contributed by atoms with Gasteiger partial charge in [0.15, 0.2) is 0 Å². The molecule has 3 N–H and O–H groups in total. The van der Waals surface area contributed by atoms with Gasteiger partial charge in [0.05, 0.1) is 6.10 Å². The van der Waals surface area contributed by atoms with Gasteiger partial charge >= 0.3 is 0 Å². The van der Waals surface area contributed by atoms with Crippen LogP contribution in [0.3, 0.4) is 0 Å². The van der Waals surface area contributed by atoms with Gasteiger partial charge in [-0.15, -0.1) is 0 Å². The molecule has 1 rings (SSSR count). The van der Waals surface area contributed by atoms with Gasteiger partial charge < -0.3 is 15.8 Å². The SMILES string of the molecule is CCC1OCCC1CNCCCCCN. The van der Waals surface area contributed by atoms with Crippen LogP contribution in [0.2, 0.25) is 0 Å². The Morgan fingerprint density at radius 1 is 1.33 bits per heavy atom.